The van der Waals surface area contributed by atoms with E-state index in [-0.39, 0.29) is 18.0 Å². The van der Waals surface area contributed by atoms with Crippen molar-refractivity contribution in [2.24, 2.45) is 0 Å². The van der Waals surface area contributed by atoms with Crippen LogP contribution >= 0.6 is 0 Å². The van der Waals surface area contributed by atoms with Gasteiger partial charge in [-0.05, 0) is 29.8 Å². The van der Waals surface area contributed by atoms with Crippen molar-refractivity contribution in [1.29, 1.82) is 0 Å². The molecule has 1 saturated heterocycles. The number of hydrogen-bond donors (Lipinski definition) is 0. The molecule has 0 bridgehead atoms. The first kappa shape index (κ1) is 17.1. The topological polar surface area (TPSA) is 23.6 Å². The molecule has 0 aromatic heterocycles. The molecule has 0 saturated carbocycles. The summed E-state index contributed by atoms with van der Waals surface area (Å²) in [7, 11) is 1.99. The summed E-state index contributed by atoms with van der Waals surface area (Å²) < 4.78 is 0. The lowest BCUT2D eigenvalue weighted by atomic mass is 9.91. The van der Waals surface area contributed by atoms with E-state index in [1.165, 1.54) is 0 Å². The molecule has 1 aliphatic rings. The van der Waals surface area contributed by atoms with Crippen LogP contribution in [0.2, 0.25) is 0 Å². The van der Waals surface area contributed by atoms with Crippen LogP contribution in [0, 0.1) is 0 Å². The van der Waals surface area contributed by atoms with Crippen molar-refractivity contribution >= 4 is 23.4 Å². The van der Waals surface area contributed by atoms with Crippen LogP contribution in [0.1, 0.15) is 5.56 Å². The Bertz CT molecular complexity index is 922. The molecule has 27 heavy (non-hydrogen) atoms. The first-order valence-corrected chi connectivity index (χ1v) is 9.15. The summed E-state index contributed by atoms with van der Waals surface area (Å²) in [4.78, 5) is 17.0. The fraction of sp³-hybridized carbons (Fsp3) is 0.125. The average molecular weight is 354 g/mol. The number of para-hydroxylation sites is 2. The number of nitrogens with zero attached hydrogens (tertiary/aromatic N) is 2. The third-order valence-electron chi connectivity index (χ3n) is 5.01. The first-order chi connectivity index (χ1) is 13.3. The van der Waals surface area contributed by atoms with E-state index in [2.05, 4.69) is 29.2 Å². The van der Waals surface area contributed by atoms with Gasteiger partial charge in [-0.2, -0.15) is 0 Å². The van der Waals surface area contributed by atoms with E-state index in [1.807, 2.05) is 90.8 Å². The predicted octanol–water partition coefficient (Wildman–Crippen LogP) is 4.62. The van der Waals surface area contributed by atoms with Gasteiger partial charge in [0.05, 0.1) is 6.04 Å². The maximum absolute atomic E-state index is 13.0. The van der Waals surface area contributed by atoms with E-state index >= 15 is 0 Å². The lowest BCUT2D eigenvalue weighted by molar-refractivity contribution is -0.125. The number of anilines is 2. The number of amides is 1. The standard InChI is InChI=1S/C24H22N2O/c1-25(20-13-7-3-8-14-20)23-22(18-17-19-11-5-2-6-12-19)26(24(23)27)21-15-9-4-10-16-21/h2-18,22-23H,1H3/b18-17+. The second kappa shape index (κ2) is 7.50. The van der Waals surface area contributed by atoms with E-state index in [0.29, 0.717) is 0 Å². The molecule has 1 fully saturated rings. The monoisotopic (exact) mass is 354 g/mol. The zero-order chi connectivity index (χ0) is 18.6. The number of β-lactam (4-membered cyclic amide) rings is 1. The third kappa shape index (κ3) is 3.36. The van der Waals surface area contributed by atoms with Crippen molar-refractivity contribution in [2.75, 3.05) is 16.8 Å². The number of likely N-dealkylation sites (N-methyl/N-ethyl adjacent to an activating group) is 1. The van der Waals surface area contributed by atoms with Crippen molar-refractivity contribution < 1.29 is 4.79 Å². The highest BCUT2D eigenvalue weighted by atomic mass is 16.2. The minimum absolute atomic E-state index is 0.0229. The fourth-order valence-corrected chi connectivity index (χ4v) is 3.57. The first-order valence-electron chi connectivity index (χ1n) is 9.15. The van der Waals surface area contributed by atoms with Gasteiger partial charge in [-0.15, -0.1) is 0 Å². The zero-order valence-electron chi connectivity index (χ0n) is 15.3. The van der Waals surface area contributed by atoms with E-state index in [9.17, 15) is 4.79 Å². The van der Waals surface area contributed by atoms with Gasteiger partial charge in [-0.25, -0.2) is 0 Å². The fourth-order valence-electron chi connectivity index (χ4n) is 3.57. The van der Waals surface area contributed by atoms with Crippen molar-refractivity contribution in [3.05, 3.63) is 103 Å². The average Bonchev–Trinajstić information content (AvgIpc) is 2.73. The molecule has 3 nitrogen and oxygen atoms in total. The van der Waals surface area contributed by atoms with Gasteiger partial charge >= 0.3 is 0 Å². The number of carbonyl (C=O) groups excluding carboxylic acids is 1. The van der Waals surface area contributed by atoms with Crippen LogP contribution in [0.4, 0.5) is 11.4 Å². The van der Waals surface area contributed by atoms with Crippen molar-refractivity contribution in [1.82, 2.24) is 0 Å². The molecule has 0 aliphatic carbocycles. The Morgan fingerprint density at radius 3 is 2.00 bits per heavy atom. The number of carbonyl (C=O) groups is 1. The summed E-state index contributed by atoms with van der Waals surface area (Å²) >= 11 is 0. The lowest BCUT2D eigenvalue weighted by Crippen LogP contribution is -2.70. The largest absolute Gasteiger partial charge is 0.361 e. The second-order valence-electron chi connectivity index (χ2n) is 6.70. The molecule has 1 aliphatic heterocycles. The Hall–Kier alpha value is -3.33. The molecular formula is C24H22N2O. The van der Waals surface area contributed by atoms with Gasteiger partial charge in [-0.1, -0.05) is 78.9 Å². The quantitative estimate of drug-likeness (QED) is 0.624. The van der Waals surface area contributed by atoms with Gasteiger partial charge in [0.1, 0.15) is 6.04 Å². The Kier molecular flexibility index (Phi) is 4.75. The summed E-state index contributed by atoms with van der Waals surface area (Å²) in [5.74, 6) is 0.121. The number of rotatable bonds is 5. The Labute approximate surface area is 160 Å². The molecule has 0 spiro atoms. The minimum atomic E-state index is -0.215. The van der Waals surface area contributed by atoms with Gasteiger partial charge in [-0.3, -0.25) is 4.79 Å². The SMILES string of the molecule is CN(c1ccccc1)C1C(=O)N(c2ccccc2)C1/C=C/c1ccccc1. The molecule has 0 radical (unpaired) electrons. The summed E-state index contributed by atoms with van der Waals surface area (Å²) in [6.45, 7) is 0. The molecule has 134 valence electrons. The van der Waals surface area contributed by atoms with E-state index in [1.54, 1.807) is 0 Å². The second-order valence-corrected chi connectivity index (χ2v) is 6.70. The van der Waals surface area contributed by atoms with Crippen LogP contribution < -0.4 is 9.80 Å². The van der Waals surface area contributed by atoms with Gasteiger partial charge in [0.25, 0.3) is 5.91 Å². The highest BCUT2D eigenvalue weighted by molar-refractivity contribution is 6.08. The van der Waals surface area contributed by atoms with Crippen molar-refractivity contribution in [3.8, 4) is 0 Å². The Morgan fingerprint density at radius 2 is 1.37 bits per heavy atom. The molecule has 3 aromatic rings. The molecule has 3 aromatic carbocycles. The summed E-state index contributed by atoms with van der Waals surface area (Å²) in [5.41, 5.74) is 3.11. The molecule has 2 unspecified atom stereocenters. The molecule has 1 heterocycles. The van der Waals surface area contributed by atoms with Crippen LogP contribution in [0.15, 0.2) is 97.1 Å². The van der Waals surface area contributed by atoms with Gasteiger partial charge in [0.15, 0.2) is 0 Å². The molecular weight excluding hydrogens is 332 g/mol. The Morgan fingerprint density at radius 1 is 0.815 bits per heavy atom. The predicted molar refractivity (Wildman–Crippen MR) is 112 cm³/mol. The van der Waals surface area contributed by atoms with Crippen LogP contribution in [0.5, 0.6) is 0 Å². The molecule has 0 N–H and O–H groups in total. The van der Waals surface area contributed by atoms with Crippen molar-refractivity contribution in [3.63, 3.8) is 0 Å². The van der Waals surface area contributed by atoms with E-state index in [0.717, 1.165) is 16.9 Å². The highest BCUT2D eigenvalue weighted by Crippen LogP contribution is 2.34. The molecule has 1 amide bonds. The molecule has 3 heteroatoms. The maximum Gasteiger partial charge on any atom is 0.252 e. The van der Waals surface area contributed by atoms with Gasteiger partial charge in [0, 0.05) is 18.4 Å². The highest BCUT2D eigenvalue weighted by Gasteiger charge is 2.49. The Balaban J connectivity index is 1.65. The van der Waals surface area contributed by atoms with E-state index in [4.69, 9.17) is 0 Å². The third-order valence-corrected chi connectivity index (χ3v) is 5.01. The number of benzene rings is 3. The van der Waals surface area contributed by atoms with Crippen LogP contribution in [0.25, 0.3) is 6.08 Å². The zero-order valence-corrected chi connectivity index (χ0v) is 15.3. The lowest BCUT2D eigenvalue weighted by Gasteiger charge is -2.50. The van der Waals surface area contributed by atoms with Crippen LogP contribution in [-0.2, 0) is 4.79 Å². The van der Waals surface area contributed by atoms with Crippen LogP contribution in [-0.4, -0.2) is 25.0 Å². The van der Waals surface area contributed by atoms with Gasteiger partial charge < -0.3 is 9.80 Å². The minimum Gasteiger partial charge on any atom is -0.361 e. The van der Waals surface area contributed by atoms with E-state index < -0.39 is 0 Å². The molecule has 4 rings (SSSR count). The molecule has 2 atom stereocenters. The van der Waals surface area contributed by atoms with Crippen LogP contribution in [0.3, 0.4) is 0 Å². The normalized spacial score (nSPS) is 19.1. The van der Waals surface area contributed by atoms with Gasteiger partial charge in [0.2, 0.25) is 0 Å². The summed E-state index contributed by atoms with van der Waals surface area (Å²) in [6.07, 6.45) is 4.23. The number of hydrogen-bond acceptors (Lipinski definition) is 2. The van der Waals surface area contributed by atoms with Crippen molar-refractivity contribution in [2.45, 2.75) is 12.1 Å². The smallest absolute Gasteiger partial charge is 0.252 e. The maximum atomic E-state index is 13.0. The summed E-state index contributed by atoms with van der Waals surface area (Å²) in [5, 5.41) is 0. The summed E-state index contributed by atoms with van der Waals surface area (Å²) in [6, 6.07) is 29.9.